The molecule has 2 aromatic rings. The quantitative estimate of drug-likeness (QED) is 0.747. The maximum atomic E-state index is 12.4. The molecule has 156 valence electrons. The third-order valence-corrected chi connectivity index (χ3v) is 4.98. The van der Waals surface area contributed by atoms with Crippen LogP contribution in [-0.4, -0.2) is 48.1 Å². The van der Waals surface area contributed by atoms with E-state index in [2.05, 4.69) is 35.4 Å². The molecule has 0 aliphatic carbocycles. The molecule has 0 spiro atoms. The molecule has 2 heterocycles. The van der Waals surface area contributed by atoms with Crippen LogP contribution in [0.4, 0.5) is 0 Å². The van der Waals surface area contributed by atoms with Crippen molar-refractivity contribution in [3.63, 3.8) is 0 Å². The van der Waals surface area contributed by atoms with Crippen molar-refractivity contribution in [2.75, 3.05) is 13.1 Å². The Kier molecular flexibility index (Phi) is 7.06. The number of nitrogens with zero attached hydrogens (tertiary/aromatic N) is 1. The SMILES string of the molecule is CC1CN(Cc2ccccc2CNC(=O)C(C)NC(=O)c2ccoc2)CC(C)O1. The second-order valence-corrected chi connectivity index (χ2v) is 7.65. The first-order chi connectivity index (χ1) is 13.9. The molecule has 0 saturated carbocycles. The molecular formula is C22H29N3O4. The molecule has 1 aromatic carbocycles. The van der Waals surface area contributed by atoms with E-state index < -0.39 is 6.04 Å². The lowest BCUT2D eigenvalue weighted by atomic mass is 10.1. The van der Waals surface area contributed by atoms with E-state index in [0.29, 0.717) is 12.1 Å². The second kappa shape index (κ2) is 9.71. The van der Waals surface area contributed by atoms with Crippen molar-refractivity contribution < 1.29 is 18.7 Å². The van der Waals surface area contributed by atoms with Crippen molar-refractivity contribution in [3.05, 3.63) is 59.5 Å². The van der Waals surface area contributed by atoms with Gasteiger partial charge in [-0.2, -0.15) is 0 Å². The van der Waals surface area contributed by atoms with Crippen LogP contribution in [0, 0.1) is 0 Å². The van der Waals surface area contributed by atoms with Crippen LogP contribution < -0.4 is 10.6 Å². The molecule has 1 aliphatic heterocycles. The fourth-order valence-corrected chi connectivity index (χ4v) is 3.61. The summed E-state index contributed by atoms with van der Waals surface area (Å²) in [5, 5.41) is 5.60. The molecule has 1 saturated heterocycles. The van der Waals surface area contributed by atoms with Gasteiger partial charge in [0.25, 0.3) is 5.91 Å². The highest BCUT2D eigenvalue weighted by Crippen LogP contribution is 2.17. The Morgan fingerprint density at radius 1 is 1.14 bits per heavy atom. The number of ether oxygens (including phenoxy) is 1. The second-order valence-electron chi connectivity index (χ2n) is 7.65. The normalized spacial score (nSPS) is 20.8. The highest BCUT2D eigenvalue weighted by Gasteiger charge is 2.23. The summed E-state index contributed by atoms with van der Waals surface area (Å²) in [7, 11) is 0. The molecule has 2 N–H and O–H groups in total. The lowest BCUT2D eigenvalue weighted by Crippen LogP contribution is -2.45. The predicted molar refractivity (Wildman–Crippen MR) is 109 cm³/mol. The number of nitrogens with one attached hydrogen (secondary N) is 2. The molecule has 0 radical (unpaired) electrons. The van der Waals surface area contributed by atoms with E-state index in [0.717, 1.165) is 25.2 Å². The molecule has 3 unspecified atom stereocenters. The van der Waals surface area contributed by atoms with Crippen LogP contribution in [0.1, 0.15) is 42.3 Å². The van der Waals surface area contributed by atoms with Crippen molar-refractivity contribution in [1.82, 2.24) is 15.5 Å². The molecule has 3 atom stereocenters. The lowest BCUT2D eigenvalue weighted by molar-refractivity contribution is -0.122. The summed E-state index contributed by atoms with van der Waals surface area (Å²) in [5.74, 6) is -0.567. The van der Waals surface area contributed by atoms with Gasteiger partial charge >= 0.3 is 0 Å². The Hall–Kier alpha value is -2.64. The first kappa shape index (κ1) is 21.1. The molecule has 0 bridgehead atoms. The van der Waals surface area contributed by atoms with E-state index in [-0.39, 0.29) is 24.0 Å². The van der Waals surface area contributed by atoms with Crippen molar-refractivity contribution in [1.29, 1.82) is 0 Å². The summed E-state index contributed by atoms with van der Waals surface area (Å²) in [6.07, 6.45) is 3.20. The molecule has 29 heavy (non-hydrogen) atoms. The van der Waals surface area contributed by atoms with Crippen LogP contribution in [0.15, 0.2) is 47.3 Å². The Morgan fingerprint density at radius 2 is 1.83 bits per heavy atom. The van der Waals surface area contributed by atoms with Gasteiger partial charge < -0.3 is 19.8 Å². The maximum Gasteiger partial charge on any atom is 0.255 e. The number of morpholine rings is 1. The van der Waals surface area contributed by atoms with E-state index in [1.165, 1.54) is 18.1 Å². The summed E-state index contributed by atoms with van der Waals surface area (Å²) < 4.78 is 10.7. The van der Waals surface area contributed by atoms with E-state index in [4.69, 9.17) is 9.15 Å². The summed E-state index contributed by atoms with van der Waals surface area (Å²) in [6.45, 7) is 8.86. The summed E-state index contributed by atoms with van der Waals surface area (Å²) >= 11 is 0. The minimum Gasteiger partial charge on any atom is -0.472 e. The van der Waals surface area contributed by atoms with Crippen LogP contribution in [0.5, 0.6) is 0 Å². The number of carbonyl (C=O) groups is 2. The smallest absolute Gasteiger partial charge is 0.255 e. The van der Waals surface area contributed by atoms with Gasteiger partial charge in [-0.3, -0.25) is 14.5 Å². The van der Waals surface area contributed by atoms with Crippen LogP contribution in [0.2, 0.25) is 0 Å². The average molecular weight is 399 g/mol. The van der Waals surface area contributed by atoms with Crippen molar-refractivity contribution in [2.24, 2.45) is 0 Å². The van der Waals surface area contributed by atoms with Crippen LogP contribution in [0.3, 0.4) is 0 Å². The topological polar surface area (TPSA) is 83.8 Å². The van der Waals surface area contributed by atoms with Gasteiger partial charge in [0.05, 0.1) is 24.0 Å². The Balaban J connectivity index is 1.55. The molecule has 1 fully saturated rings. The van der Waals surface area contributed by atoms with Gasteiger partial charge in [-0.05, 0) is 38.0 Å². The number of furan rings is 1. The van der Waals surface area contributed by atoms with Crippen molar-refractivity contribution >= 4 is 11.8 Å². The highest BCUT2D eigenvalue weighted by molar-refractivity contribution is 5.97. The lowest BCUT2D eigenvalue weighted by Gasteiger charge is -2.35. The minimum atomic E-state index is -0.648. The molecule has 2 amide bonds. The maximum absolute atomic E-state index is 12.4. The van der Waals surface area contributed by atoms with E-state index in [9.17, 15) is 9.59 Å². The number of hydrogen-bond acceptors (Lipinski definition) is 5. The van der Waals surface area contributed by atoms with E-state index >= 15 is 0 Å². The number of carbonyl (C=O) groups excluding carboxylic acids is 2. The Bertz CT molecular complexity index is 811. The van der Waals surface area contributed by atoms with Crippen molar-refractivity contribution in [2.45, 2.75) is 52.1 Å². The Labute approximate surface area is 171 Å². The van der Waals surface area contributed by atoms with Gasteiger partial charge in [-0.25, -0.2) is 0 Å². The third-order valence-electron chi connectivity index (χ3n) is 4.98. The molecule has 1 aliphatic rings. The zero-order chi connectivity index (χ0) is 20.8. The van der Waals surface area contributed by atoms with Crippen LogP contribution >= 0.6 is 0 Å². The number of rotatable bonds is 7. The molecule has 3 rings (SSSR count). The monoisotopic (exact) mass is 399 g/mol. The summed E-state index contributed by atoms with van der Waals surface area (Å²) in [5.41, 5.74) is 2.65. The predicted octanol–water partition coefficient (Wildman–Crippen LogP) is 2.32. The standard InChI is InChI=1S/C22H29N3O4/c1-15-11-25(12-16(2)29-15)13-19-7-5-4-6-18(19)10-23-21(26)17(3)24-22(27)20-8-9-28-14-20/h4-9,14-17H,10-13H2,1-3H3,(H,23,26)(H,24,27). The van der Waals surface area contributed by atoms with Gasteiger partial charge in [0.1, 0.15) is 12.3 Å². The zero-order valence-electron chi connectivity index (χ0n) is 17.2. The van der Waals surface area contributed by atoms with Gasteiger partial charge in [-0.1, -0.05) is 24.3 Å². The number of amides is 2. The average Bonchev–Trinajstić information content (AvgIpc) is 3.21. The highest BCUT2D eigenvalue weighted by atomic mass is 16.5. The van der Waals surface area contributed by atoms with Gasteiger partial charge in [-0.15, -0.1) is 0 Å². The fourth-order valence-electron chi connectivity index (χ4n) is 3.61. The molecule has 1 aromatic heterocycles. The largest absolute Gasteiger partial charge is 0.472 e. The van der Waals surface area contributed by atoms with Gasteiger partial charge in [0.15, 0.2) is 0 Å². The number of benzene rings is 1. The van der Waals surface area contributed by atoms with E-state index in [1.54, 1.807) is 13.0 Å². The van der Waals surface area contributed by atoms with Crippen LogP contribution in [-0.2, 0) is 22.6 Å². The van der Waals surface area contributed by atoms with E-state index in [1.807, 2.05) is 18.2 Å². The zero-order valence-corrected chi connectivity index (χ0v) is 17.2. The first-order valence-electron chi connectivity index (χ1n) is 9.97. The minimum absolute atomic E-state index is 0.213. The van der Waals surface area contributed by atoms with Crippen LogP contribution in [0.25, 0.3) is 0 Å². The third kappa shape index (κ3) is 5.92. The first-order valence-corrected chi connectivity index (χ1v) is 9.97. The summed E-state index contributed by atoms with van der Waals surface area (Å²) in [6, 6.07) is 9.02. The molecule has 7 heteroatoms. The molecular weight excluding hydrogens is 370 g/mol. The summed E-state index contributed by atoms with van der Waals surface area (Å²) in [4.78, 5) is 26.9. The molecule has 7 nitrogen and oxygen atoms in total. The van der Waals surface area contributed by atoms with Gasteiger partial charge in [0, 0.05) is 26.2 Å². The Morgan fingerprint density at radius 3 is 2.48 bits per heavy atom. The van der Waals surface area contributed by atoms with Gasteiger partial charge in [0.2, 0.25) is 5.91 Å². The fraction of sp³-hybridized carbons (Fsp3) is 0.455. The number of hydrogen-bond donors (Lipinski definition) is 2. The van der Waals surface area contributed by atoms with Crippen molar-refractivity contribution in [3.8, 4) is 0 Å².